The lowest BCUT2D eigenvalue weighted by molar-refractivity contribution is 0.0527. The average Bonchev–Trinajstić information content (AvgIpc) is 2.92. The first kappa shape index (κ1) is 15.3. The first-order valence-electron chi connectivity index (χ1n) is 6.86. The molecule has 2 rings (SSSR count). The van der Waals surface area contributed by atoms with Crippen LogP contribution >= 0.6 is 0 Å². The minimum Gasteiger partial charge on any atom is -0.409 e. The second-order valence-corrected chi connectivity index (χ2v) is 5.75. The minimum absolute atomic E-state index is 0.0585. The molecule has 0 aliphatic carbocycles. The number of oxime groups is 1. The molecule has 1 amide bonds. The number of carbonyl (C=O) groups is 1. The van der Waals surface area contributed by atoms with Crippen molar-refractivity contribution in [1.82, 2.24) is 19.4 Å². The summed E-state index contributed by atoms with van der Waals surface area (Å²) in [5.74, 6) is 0.115. The monoisotopic (exact) mass is 294 g/mol. The number of rotatable bonds is 3. The third-order valence-corrected chi connectivity index (χ3v) is 4.02. The fourth-order valence-electron chi connectivity index (χ4n) is 2.44. The van der Waals surface area contributed by atoms with Gasteiger partial charge in [0.15, 0.2) is 5.84 Å². The van der Waals surface area contributed by atoms with E-state index in [1.165, 1.54) is 0 Å². The van der Waals surface area contributed by atoms with Crippen molar-refractivity contribution >= 4 is 11.7 Å². The molecule has 0 aromatic carbocycles. The number of piperazine rings is 1. The molecule has 0 unspecified atom stereocenters. The van der Waals surface area contributed by atoms with Crippen LogP contribution in [0.2, 0.25) is 0 Å². The van der Waals surface area contributed by atoms with Gasteiger partial charge >= 0.3 is 0 Å². The zero-order valence-electron chi connectivity index (χ0n) is 12.7. The molecule has 0 atom stereocenters. The Morgan fingerprint density at radius 3 is 2.48 bits per heavy atom. The van der Waals surface area contributed by atoms with Crippen LogP contribution < -0.4 is 5.73 Å². The number of hydrogen-bond acceptors (Lipinski definition) is 5. The second-order valence-electron chi connectivity index (χ2n) is 5.75. The minimum atomic E-state index is -0.533. The van der Waals surface area contributed by atoms with E-state index in [1.807, 2.05) is 20.9 Å². The largest absolute Gasteiger partial charge is 0.409 e. The molecular weight excluding hydrogens is 272 g/mol. The summed E-state index contributed by atoms with van der Waals surface area (Å²) in [6.07, 6.45) is 3.33. The Bertz CT molecular complexity index is 543. The van der Waals surface area contributed by atoms with E-state index < -0.39 is 5.54 Å². The highest BCUT2D eigenvalue weighted by Gasteiger charge is 2.35. The number of hydrogen-bond donors (Lipinski definition) is 2. The molecule has 1 aliphatic rings. The van der Waals surface area contributed by atoms with Crippen molar-refractivity contribution in [3.8, 4) is 0 Å². The highest BCUT2D eigenvalue weighted by molar-refractivity contribution is 5.92. The summed E-state index contributed by atoms with van der Waals surface area (Å²) >= 11 is 0. The molecule has 0 bridgehead atoms. The van der Waals surface area contributed by atoms with Gasteiger partial charge in [-0.25, -0.2) is 4.98 Å². The van der Waals surface area contributed by atoms with E-state index in [0.29, 0.717) is 31.9 Å². The zero-order valence-corrected chi connectivity index (χ0v) is 12.7. The van der Waals surface area contributed by atoms with Crippen molar-refractivity contribution in [2.45, 2.75) is 19.4 Å². The zero-order chi connectivity index (χ0) is 15.6. The highest BCUT2D eigenvalue weighted by atomic mass is 16.4. The summed E-state index contributed by atoms with van der Waals surface area (Å²) in [5.41, 5.74) is 5.66. The maximum absolute atomic E-state index is 12.3. The molecule has 1 aromatic rings. The van der Waals surface area contributed by atoms with E-state index in [4.69, 9.17) is 10.9 Å². The van der Waals surface area contributed by atoms with Crippen molar-refractivity contribution in [2.24, 2.45) is 17.9 Å². The summed E-state index contributed by atoms with van der Waals surface area (Å²) in [6, 6.07) is 0. The van der Waals surface area contributed by atoms with E-state index >= 15 is 0 Å². The maximum atomic E-state index is 12.3. The number of nitrogens with zero attached hydrogens (tertiary/aromatic N) is 5. The van der Waals surface area contributed by atoms with Crippen LogP contribution in [0.3, 0.4) is 0 Å². The van der Waals surface area contributed by atoms with Crippen molar-refractivity contribution in [3.05, 3.63) is 18.2 Å². The van der Waals surface area contributed by atoms with Crippen molar-refractivity contribution in [1.29, 1.82) is 0 Å². The van der Waals surface area contributed by atoms with Crippen LogP contribution in [-0.2, 0) is 7.05 Å². The first-order chi connectivity index (χ1) is 9.86. The van der Waals surface area contributed by atoms with Gasteiger partial charge in [-0.1, -0.05) is 5.16 Å². The van der Waals surface area contributed by atoms with Crippen LogP contribution in [0.15, 0.2) is 17.7 Å². The summed E-state index contributed by atoms with van der Waals surface area (Å²) < 4.78 is 1.75. The van der Waals surface area contributed by atoms with E-state index in [1.54, 1.807) is 22.0 Å². The van der Waals surface area contributed by atoms with Gasteiger partial charge in [-0.15, -0.1) is 0 Å². The quantitative estimate of drug-likeness (QED) is 0.345. The van der Waals surface area contributed by atoms with Crippen LogP contribution in [0.5, 0.6) is 0 Å². The predicted octanol–water partition coefficient (Wildman–Crippen LogP) is -0.297. The molecule has 116 valence electrons. The van der Waals surface area contributed by atoms with E-state index in [-0.39, 0.29) is 11.7 Å². The first-order valence-corrected chi connectivity index (χ1v) is 6.86. The Morgan fingerprint density at radius 1 is 1.38 bits per heavy atom. The lowest BCUT2D eigenvalue weighted by atomic mass is 10.00. The Labute approximate surface area is 123 Å². The van der Waals surface area contributed by atoms with Gasteiger partial charge in [0.05, 0.1) is 11.9 Å². The van der Waals surface area contributed by atoms with Crippen molar-refractivity contribution in [3.63, 3.8) is 0 Å². The number of imidazole rings is 1. The summed E-state index contributed by atoms with van der Waals surface area (Å²) in [7, 11) is 1.83. The molecule has 3 N–H and O–H groups in total. The fourth-order valence-corrected chi connectivity index (χ4v) is 2.44. The van der Waals surface area contributed by atoms with Gasteiger partial charge in [0.2, 0.25) is 0 Å². The van der Waals surface area contributed by atoms with Gasteiger partial charge in [-0.3, -0.25) is 9.69 Å². The number of carbonyl (C=O) groups excluding carboxylic acids is 1. The van der Waals surface area contributed by atoms with Crippen molar-refractivity contribution < 1.29 is 10.0 Å². The van der Waals surface area contributed by atoms with Crippen LogP contribution in [0, 0.1) is 0 Å². The molecule has 21 heavy (non-hydrogen) atoms. The van der Waals surface area contributed by atoms with Crippen molar-refractivity contribution in [2.75, 3.05) is 26.2 Å². The van der Waals surface area contributed by atoms with Crippen LogP contribution in [-0.4, -0.2) is 68.0 Å². The van der Waals surface area contributed by atoms with Crippen LogP contribution in [0.25, 0.3) is 0 Å². The van der Waals surface area contributed by atoms with Gasteiger partial charge in [0.25, 0.3) is 5.91 Å². The number of aryl methyl sites for hydroxylation is 1. The molecule has 1 fully saturated rings. The third-order valence-electron chi connectivity index (χ3n) is 4.02. The summed E-state index contributed by atoms with van der Waals surface area (Å²) in [6.45, 7) is 6.33. The number of amides is 1. The molecule has 1 saturated heterocycles. The number of aromatic nitrogens is 2. The van der Waals surface area contributed by atoms with E-state index in [2.05, 4.69) is 15.0 Å². The molecule has 0 radical (unpaired) electrons. The fraction of sp³-hybridized carbons (Fsp3) is 0.615. The molecule has 8 heteroatoms. The van der Waals surface area contributed by atoms with Crippen LogP contribution in [0.4, 0.5) is 0 Å². The Morgan fingerprint density at radius 2 is 2.00 bits per heavy atom. The maximum Gasteiger partial charge on any atom is 0.274 e. The second kappa shape index (κ2) is 5.72. The predicted molar refractivity (Wildman–Crippen MR) is 78.2 cm³/mol. The lowest BCUT2D eigenvalue weighted by Crippen LogP contribution is -2.60. The van der Waals surface area contributed by atoms with Crippen LogP contribution in [0.1, 0.15) is 24.3 Å². The van der Waals surface area contributed by atoms with E-state index in [9.17, 15) is 4.79 Å². The molecule has 8 nitrogen and oxygen atoms in total. The smallest absolute Gasteiger partial charge is 0.274 e. The highest BCUT2D eigenvalue weighted by Crippen LogP contribution is 2.18. The van der Waals surface area contributed by atoms with Gasteiger partial charge < -0.3 is 20.4 Å². The molecule has 1 aromatic heterocycles. The number of amidine groups is 1. The molecule has 2 heterocycles. The topological polar surface area (TPSA) is 100.0 Å². The SMILES string of the molecule is Cn1cnc(C(=O)N2CCN(C(C)(C)C(N)=NO)CC2)c1. The molecule has 1 aliphatic heterocycles. The molecule has 0 saturated carbocycles. The normalized spacial score (nSPS) is 18.0. The Kier molecular flexibility index (Phi) is 4.17. The lowest BCUT2D eigenvalue weighted by Gasteiger charge is -2.43. The van der Waals surface area contributed by atoms with Gasteiger partial charge in [0, 0.05) is 39.4 Å². The van der Waals surface area contributed by atoms with Gasteiger partial charge in [-0.2, -0.15) is 0 Å². The van der Waals surface area contributed by atoms with E-state index in [0.717, 1.165) is 0 Å². The third kappa shape index (κ3) is 2.99. The molecular formula is C13H22N6O2. The standard InChI is InChI=1S/C13H22N6O2/c1-13(2,12(14)16-21)19-6-4-18(5-7-19)11(20)10-8-17(3)9-15-10/h8-9,21H,4-7H2,1-3H3,(H2,14,16). The summed E-state index contributed by atoms with van der Waals surface area (Å²) in [4.78, 5) is 20.3. The Balaban J connectivity index is 1.99. The van der Waals surface area contributed by atoms with Gasteiger partial charge in [0.1, 0.15) is 5.69 Å². The van der Waals surface area contributed by atoms with Gasteiger partial charge in [-0.05, 0) is 13.8 Å². The molecule has 0 spiro atoms. The Hall–Kier alpha value is -2.09. The summed E-state index contributed by atoms with van der Waals surface area (Å²) in [5, 5.41) is 12.0. The number of nitrogens with two attached hydrogens (primary N) is 1. The average molecular weight is 294 g/mol.